The van der Waals surface area contributed by atoms with Crippen molar-refractivity contribution in [3.8, 4) is 5.69 Å². The van der Waals surface area contributed by atoms with Crippen LogP contribution in [0.5, 0.6) is 0 Å². The van der Waals surface area contributed by atoms with Gasteiger partial charge in [0.15, 0.2) is 0 Å². The molecule has 4 amide bonds. The van der Waals surface area contributed by atoms with Crippen molar-refractivity contribution in [2.75, 3.05) is 4.90 Å². The third kappa shape index (κ3) is 3.93. The Morgan fingerprint density at radius 2 is 1.48 bits per heavy atom. The van der Waals surface area contributed by atoms with Gasteiger partial charge >= 0.3 is 6.03 Å². The molecule has 0 radical (unpaired) electrons. The average Bonchev–Trinajstić information content (AvgIpc) is 3.00. The standard InChI is InChI=1S/C24H20IN3O3/c1-14-4-8-20(9-5-14)28-23(30)21(22(29)26-24(28)31)13-17-12-15(2)27(16(17)3)19-10-6-18(25)7-11-19/h4-13H,1-3H3,(H,26,29,31). The van der Waals surface area contributed by atoms with Gasteiger partial charge in [0.1, 0.15) is 5.57 Å². The molecular formula is C24H20IN3O3. The molecule has 2 aromatic carbocycles. The van der Waals surface area contributed by atoms with Crippen molar-refractivity contribution in [3.63, 3.8) is 0 Å². The number of aromatic nitrogens is 1. The number of amides is 4. The van der Waals surface area contributed by atoms with Crippen molar-refractivity contribution >= 4 is 52.2 Å². The van der Waals surface area contributed by atoms with Gasteiger partial charge in [0.2, 0.25) is 0 Å². The summed E-state index contributed by atoms with van der Waals surface area (Å²) >= 11 is 2.26. The van der Waals surface area contributed by atoms with Crippen LogP contribution in [-0.2, 0) is 9.59 Å². The van der Waals surface area contributed by atoms with E-state index in [0.717, 1.165) is 36.7 Å². The minimum atomic E-state index is -0.750. The second-order valence-electron chi connectivity index (χ2n) is 7.43. The van der Waals surface area contributed by atoms with Crippen molar-refractivity contribution < 1.29 is 14.4 Å². The Kier molecular flexibility index (Phi) is 5.53. The SMILES string of the molecule is Cc1ccc(N2C(=O)NC(=O)C(=Cc3cc(C)n(-c4ccc(I)cc4)c3C)C2=O)cc1. The van der Waals surface area contributed by atoms with Crippen molar-refractivity contribution in [2.24, 2.45) is 0 Å². The Bertz CT molecular complexity index is 1240. The molecule has 1 N–H and O–H groups in total. The number of benzene rings is 2. The van der Waals surface area contributed by atoms with E-state index in [-0.39, 0.29) is 5.57 Å². The highest BCUT2D eigenvalue weighted by Crippen LogP contribution is 2.26. The first-order valence-corrected chi connectivity index (χ1v) is 10.8. The fraction of sp³-hybridized carbons (Fsp3) is 0.125. The van der Waals surface area contributed by atoms with Crippen LogP contribution in [0.15, 0.2) is 60.2 Å². The molecule has 31 heavy (non-hydrogen) atoms. The van der Waals surface area contributed by atoms with E-state index in [1.165, 1.54) is 0 Å². The molecule has 2 heterocycles. The molecule has 4 rings (SSSR count). The molecule has 7 heteroatoms. The number of rotatable bonds is 3. The highest BCUT2D eigenvalue weighted by Gasteiger charge is 2.37. The summed E-state index contributed by atoms with van der Waals surface area (Å²) in [6, 6.07) is 16.3. The zero-order chi connectivity index (χ0) is 22.3. The lowest BCUT2D eigenvalue weighted by atomic mass is 10.1. The van der Waals surface area contributed by atoms with Crippen LogP contribution >= 0.6 is 22.6 Å². The molecular weight excluding hydrogens is 505 g/mol. The monoisotopic (exact) mass is 525 g/mol. The van der Waals surface area contributed by atoms with Crippen LogP contribution in [0.1, 0.15) is 22.5 Å². The smallest absolute Gasteiger partial charge is 0.318 e. The van der Waals surface area contributed by atoms with E-state index in [1.807, 2.05) is 63.2 Å². The maximum Gasteiger partial charge on any atom is 0.335 e. The summed E-state index contributed by atoms with van der Waals surface area (Å²) in [4.78, 5) is 39.0. The lowest BCUT2D eigenvalue weighted by Gasteiger charge is -2.26. The average molecular weight is 525 g/mol. The molecule has 0 atom stereocenters. The molecule has 1 aromatic heterocycles. The van der Waals surface area contributed by atoms with Crippen molar-refractivity contribution in [1.29, 1.82) is 0 Å². The Morgan fingerprint density at radius 3 is 2.13 bits per heavy atom. The predicted molar refractivity (Wildman–Crippen MR) is 128 cm³/mol. The fourth-order valence-corrected chi connectivity index (χ4v) is 4.02. The molecule has 0 aliphatic carbocycles. The lowest BCUT2D eigenvalue weighted by molar-refractivity contribution is -0.122. The van der Waals surface area contributed by atoms with Gasteiger partial charge in [-0.25, -0.2) is 9.69 Å². The first kappa shape index (κ1) is 21.0. The van der Waals surface area contributed by atoms with E-state index in [1.54, 1.807) is 18.2 Å². The van der Waals surface area contributed by atoms with Gasteiger partial charge in [0, 0.05) is 20.6 Å². The zero-order valence-electron chi connectivity index (χ0n) is 17.3. The third-order valence-corrected chi connectivity index (χ3v) is 5.97. The number of nitrogens with zero attached hydrogens (tertiary/aromatic N) is 2. The highest BCUT2D eigenvalue weighted by molar-refractivity contribution is 14.1. The molecule has 1 fully saturated rings. The van der Waals surface area contributed by atoms with Crippen molar-refractivity contribution in [3.05, 3.63) is 86.3 Å². The number of nitrogens with one attached hydrogen (secondary N) is 1. The summed E-state index contributed by atoms with van der Waals surface area (Å²) in [7, 11) is 0. The molecule has 156 valence electrons. The number of carbonyl (C=O) groups is 3. The van der Waals surface area contributed by atoms with Gasteiger partial charge in [0.05, 0.1) is 5.69 Å². The van der Waals surface area contributed by atoms with Crippen molar-refractivity contribution in [1.82, 2.24) is 9.88 Å². The van der Waals surface area contributed by atoms with Gasteiger partial charge in [-0.2, -0.15) is 0 Å². The molecule has 0 spiro atoms. The predicted octanol–water partition coefficient (Wildman–Crippen LogP) is 4.67. The number of hydrogen-bond acceptors (Lipinski definition) is 3. The molecule has 3 aromatic rings. The van der Waals surface area contributed by atoms with E-state index in [9.17, 15) is 14.4 Å². The molecule has 0 bridgehead atoms. The van der Waals surface area contributed by atoms with Crippen LogP contribution in [0, 0.1) is 24.3 Å². The minimum Gasteiger partial charge on any atom is -0.318 e. The summed E-state index contributed by atoms with van der Waals surface area (Å²) in [6.07, 6.45) is 1.55. The number of barbiturate groups is 1. The Hall–Kier alpha value is -3.20. The number of urea groups is 1. The van der Waals surface area contributed by atoms with Crippen LogP contribution in [-0.4, -0.2) is 22.4 Å². The van der Waals surface area contributed by atoms with Crippen molar-refractivity contribution in [2.45, 2.75) is 20.8 Å². The van der Waals surface area contributed by atoms with E-state index >= 15 is 0 Å². The highest BCUT2D eigenvalue weighted by atomic mass is 127. The Morgan fingerprint density at radius 1 is 0.871 bits per heavy atom. The lowest BCUT2D eigenvalue weighted by Crippen LogP contribution is -2.54. The van der Waals surface area contributed by atoms with Crippen LogP contribution in [0.3, 0.4) is 0 Å². The molecule has 1 aliphatic rings. The molecule has 0 saturated carbocycles. The topological polar surface area (TPSA) is 71.4 Å². The normalized spacial score (nSPS) is 15.5. The minimum absolute atomic E-state index is 0.0805. The first-order chi connectivity index (χ1) is 14.8. The molecule has 1 saturated heterocycles. The molecule has 6 nitrogen and oxygen atoms in total. The maximum atomic E-state index is 13.1. The van der Waals surface area contributed by atoms with Gasteiger partial charge < -0.3 is 4.57 Å². The van der Waals surface area contributed by atoms with E-state index in [0.29, 0.717) is 5.69 Å². The summed E-state index contributed by atoms with van der Waals surface area (Å²) < 4.78 is 3.20. The fourth-order valence-electron chi connectivity index (χ4n) is 3.66. The summed E-state index contributed by atoms with van der Waals surface area (Å²) in [5.74, 6) is -1.34. The Balaban J connectivity index is 1.75. The maximum absolute atomic E-state index is 13.1. The second-order valence-corrected chi connectivity index (χ2v) is 8.68. The number of anilines is 1. The van der Waals surface area contributed by atoms with Gasteiger partial charge in [0.25, 0.3) is 11.8 Å². The van der Waals surface area contributed by atoms with E-state index < -0.39 is 17.8 Å². The van der Waals surface area contributed by atoms with E-state index in [2.05, 4.69) is 32.5 Å². The van der Waals surface area contributed by atoms with Gasteiger partial charge in [-0.3, -0.25) is 14.9 Å². The number of imide groups is 2. The first-order valence-electron chi connectivity index (χ1n) is 9.69. The largest absolute Gasteiger partial charge is 0.335 e. The van der Waals surface area contributed by atoms with Gasteiger partial charge in [-0.15, -0.1) is 0 Å². The summed E-state index contributed by atoms with van der Waals surface area (Å²) in [6.45, 7) is 5.82. The zero-order valence-corrected chi connectivity index (χ0v) is 19.4. The Labute approximate surface area is 193 Å². The van der Waals surface area contributed by atoms with E-state index in [4.69, 9.17) is 0 Å². The molecule has 0 unspecified atom stereocenters. The van der Waals surface area contributed by atoms with Crippen LogP contribution in [0.25, 0.3) is 11.8 Å². The summed E-state index contributed by atoms with van der Waals surface area (Å²) in [5, 5.41) is 2.27. The number of carbonyl (C=O) groups excluding carboxylic acids is 3. The second kappa shape index (κ2) is 8.14. The molecule has 1 aliphatic heterocycles. The van der Waals surface area contributed by atoms with Crippen LogP contribution in [0.4, 0.5) is 10.5 Å². The number of halogens is 1. The quantitative estimate of drug-likeness (QED) is 0.307. The summed E-state index contributed by atoms with van der Waals surface area (Å²) in [5.41, 5.74) is 4.94. The number of aryl methyl sites for hydroxylation is 2. The van der Waals surface area contributed by atoms with Gasteiger partial charge in [-0.1, -0.05) is 17.7 Å². The van der Waals surface area contributed by atoms with Crippen LogP contribution in [0.2, 0.25) is 0 Å². The number of hydrogen-bond donors (Lipinski definition) is 1. The third-order valence-electron chi connectivity index (χ3n) is 5.25. The van der Waals surface area contributed by atoms with Crippen LogP contribution < -0.4 is 10.2 Å². The van der Waals surface area contributed by atoms with Gasteiger partial charge in [-0.05, 0) is 97.5 Å².